The summed E-state index contributed by atoms with van der Waals surface area (Å²) in [4.78, 5) is 18.2. The van der Waals surface area contributed by atoms with Crippen LogP contribution in [0, 0.1) is 5.82 Å². The molecule has 0 aliphatic rings. The number of aliphatic hydroxyl groups excluding tert-OH is 1. The van der Waals surface area contributed by atoms with Crippen LogP contribution in [-0.2, 0) is 0 Å². The maximum Gasteiger partial charge on any atom is 0.256 e. The number of likely N-dealkylation sites (N-methyl/N-ethyl adjacent to an activating group) is 1. The normalized spacial score (nSPS) is 12.0. The number of halogens is 2. The first-order valence-corrected chi connectivity index (χ1v) is 8.60. The molecule has 0 aliphatic heterocycles. The van der Waals surface area contributed by atoms with Gasteiger partial charge in [-0.1, -0.05) is 23.7 Å². The first-order valence-electron chi connectivity index (χ1n) is 8.22. The van der Waals surface area contributed by atoms with Gasteiger partial charge in [0, 0.05) is 18.5 Å². The zero-order chi connectivity index (χ0) is 19.6. The number of ether oxygens (including phenoxy) is 1. The Labute approximate surface area is 161 Å². The number of hydrogen-bond donors (Lipinski definition) is 1. The van der Waals surface area contributed by atoms with Crippen LogP contribution in [0.4, 0.5) is 4.39 Å². The minimum Gasteiger partial charge on any atom is -0.497 e. The SMILES string of the molecule is COc1ccc(C(O)CN(C)C(=O)c2cc3ccc(F)cc3nc2Cl)cc1. The lowest BCUT2D eigenvalue weighted by atomic mass is 10.1. The van der Waals surface area contributed by atoms with E-state index in [4.69, 9.17) is 16.3 Å². The lowest BCUT2D eigenvalue weighted by Gasteiger charge is -2.22. The quantitative estimate of drug-likeness (QED) is 0.674. The second kappa shape index (κ2) is 7.90. The number of benzene rings is 2. The zero-order valence-corrected chi connectivity index (χ0v) is 15.6. The molecule has 5 nitrogen and oxygen atoms in total. The molecule has 1 unspecified atom stereocenters. The number of amides is 1. The van der Waals surface area contributed by atoms with Gasteiger partial charge < -0.3 is 14.7 Å². The van der Waals surface area contributed by atoms with Crippen molar-refractivity contribution in [2.24, 2.45) is 0 Å². The average molecular weight is 389 g/mol. The van der Waals surface area contributed by atoms with Gasteiger partial charge in [0.15, 0.2) is 0 Å². The van der Waals surface area contributed by atoms with Crippen molar-refractivity contribution in [3.05, 3.63) is 70.6 Å². The van der Waals surface area contributed by atoms with E-state index in [1.54, 1.807) is 44.5 Å². The molecule has 0 saturated heterocycles. The summed E-state index contributed by atoms with van der Waals surface area (Å²) >= 11 is 6.12. The van der Waals surface area contributed by atoms with Crippen molar-refractivity contribution in [3.63, 3.8) is 0 Å². The number of rotatable bonds is 5. The Kier molecular flexibility index (Phi) is 5.58. The minimum absolute atomic E-state index is 0.0103. The van der Waals surface area contributed by atoms with Crippen LogP contribution in [-0.4, -0.2) is 41.6 Å². The molecule has 0 radical (unpaired) electrons. The summed E-state index contributed by atoms with van der Waals surface area (Å²) in [6, 6.07) is 12.6. The van der Waals surface area contributed by atoms with E-state index in [0.717, 1.165) is 0 Å². The van der Waals surface area contributed by atoms with Crippen molar-refractivity contribution in [3.8, 4) is 5.75 Å². The highest BCUT2D eigenvalue weighted by Gasteiger charge is 2.20. The number of pyridine rings is 1. The third kappa shape index (κ3) is 4.18. The fourth-order valence-electron chi connectivity index (χ4n) is 2.75. The molecule has 0 aliphatic carbocycles. The summed E-state index contributed by atoms with van der Waals surface area (Å²) in [6.07, 6.45) is -0.869. The predicted molar refractivity (Wildman–Crippen MR) is 102 cm³/mol. The van der Waals surface area contributed by atoms with Gasteiger partial charge in [0.1, 0.15) is 16.7 Å². The van der Waals surface area contributed by atoms with Crippen molar-refractivity contribution >= 4 is 28.4 Å². The highest BCUT2D eigenvalue weighted by molar-refractivity contribution is 6.33. The number of carbonyl (C=O) groups is 1. The smallest absolute Gasteiger partial charge is 0.256 e. The van der Waals surface area contributed by atoms with Gasteiger partial charge in [-0.15, -0.1) is 0 Å². The molecule has 0 saturated carbocycles. The van der Waals surface area contributed by atoms with Gasteiger partial charge in [0.25, 0.3) is 5.91 Å². The molecular formula is C20H18ClFN2O3. The van der Waals surface area contributed by atoms with Crippen LogP contribution in [0.3, 0.4) is 0 Å². The van der Waals surface area contributed by atoms with E-state index in [9.17, 15) is 14.3 Å². The second-order valence-electron chi connectivity index (χ2n) is 6.14. The number of fused-ring (bicyclic) bond motifs is 1. The van der Waals surface area contributed by atoms with Gasteiger partial charge >= 0.3 is 0 Å². The largest absolute Gasteiger partial charge is 0.497 e. The lowest BCUT2D eigenvalue weighted by molar-refractivity contribution is 0.0681. The third-order valence-electron chi connectivity index (χ3n) is 4.26. The number of carbonyl (C=O) groups excluding carboxylic acids is 1. The Morgan fingerprint density at radius 3 is 2.63 bits per heavy atom. The van der Waals surface area contributed by atoms with E-state index in [2.05, 4.69) is 4.98 Å². The molecule has 1 atom stereocenters. The van der Waals surface area contributed by atoms with Crippen molar-refractivity contribution in [1.29, 1.82) is 0 Å². The Morgan fingerprint density at radius 2 is 1.96 bits per heavy atom. The summed E-state index contributed by atoms with van der Waals surface area (Å²) < 4.78 is 18.4. The molecule has 1 N–H and O–H groups in total. The molecule has 27 heavy (non-hydrogen) atoms. The standard InChI is InChI=1S/C20H18ClFN2O3/c1-24(11-18(25)12-4-7-15(27-2)8-5-12)20(26)16-9-13-3-6-14(22)10-17(13)23-19(16)21/h3-10,18,25H,11H2,1-2H3. The molecule has 2 aromatic carbocycles. The maximum absolute atomic E-state index is 13.3. The van der Waals surface area contributed by atoms with Crippen LogP contribution in [0.2, 0.25) is 5.15 Å². The van der Waals surface area contributed by atoms with Crippen LogP contribution in [0.25, 0.3) is 10.9 Å². The van der Waals surface area contributed by atoms with Gasteiger partial charge in [-0.3, -0.25) is 4.79 Å². The van der Waals surface area contributed by atoms with Crippen molar-refractivity contribution in [1.82, 2.24) is 9.88 Å². The summed E-state index contributed by atoms with van der Waals surface area (Å²) in [5.74, 6) is -0.128. The lowest BCUT2D eigenvalue weighted by Crippen LogP contribution is -2.31. The van der Waals surface area contributed by atoms with Gasteiger partial charge in [0.05, 0.1) is 30.8 Å². The van der Waals surface area contributed by atoms with E-state index in [1.165, 1.54) is 23.1 Å². The van der Waals surface area contributed by atoms with Crippen molar-refractivity contribution in [2.75, 3.05) is 20.7 Å². The number of aromatic nitrogens is 1. The first-order chi connectivity index (χ1) is 12.9. The van der Waals surface area contributed by atoms with E-state index in [-0.39, 0.29) is 23.2 Å². The highest BCUT2D eigenvalue weighted by atomic mass is 35.5. The summed E-state index contributed by atoms with van der Waals surface area (Å²) in [5, 5.41) is 11.0. The van der Waals surface area contributed by atoms with Crippen LogP contribution in [0.15, 0.2) is 48.5 Å². The van der Waals surface area contributed by atoms with Crippen LogP contribution >= 0.6 is 11.6 Å². The molecule has 1 heterocycles. The summed E-state index contributed by atoms with van der Waals surface area (Å²) in [5.41, 5.74) is 1.23. The van der Waals surface area contributed by atoms with Gasteiger partial charge in [-0.05, 0) is 35.9 Å². The fraction of sp³-hybridized carbons (Fsp3) is 0.200. The van der Waals surface area contributed by atoms with E-state index < -0.39 is 11.9 Å². The molecule has 140 valence electrons. The molecule has 0 spiro atoms. The Bertz CT molecular complexity index is 979. The predicted octanol–water partition coefficient (Wildman–Crippen LogP) is 3.84. The minimum atomic E-state index is -0.869. The van der Waals surface area contributed by atoms with Crippen LogP contribution < -0.4 is 4.74 Å². The molecule has 7 heteroatoms. The van der Waals surface area contributed by atoms with E-state index >= 15 is 0 Å². The Balaban J connectivity index is 1.79. The molecule has 0 bridgehead atoms. The van der Waals surface area contributed by atoms with E-state index in [1.807, 2.05) is 0 Å². The molecule has 1 amide bonds. The first kappa shape index (κ1) is 19.1. The maximum atomic E-state index is 13.3. The topological polar surface area (TPSA) is 62.7 Å². The molecular weight excluding hydrogens is 371 g/mol. The number of methoxy groups -OCH3 is 1. The summed E-state index contributed by atoms with van der Waals surface area (Å²) in [6.45, 7) is 0.0724. The number of nitrogens with zero attached hydrogens (tertiary/aromatic N) is 2. The van der Waals surface area contributed by atoms with Gasteiger partial charge in [-0.25, -0.2) is 9.37 Å². The molecule has 1 aromatic heterocycles. The van der Waals surface area contributed by atoms with Gasteiger partial charge in [0.2, 0.25) is 0 Å². The number of hydrogen-bond acceptors (Lipinski definition) is 4. The molecule has 3 aromatic rings. The van der Waals surface area contributed by atoms with Crippen LogP contribution in [0.1, 0.15) is 22.0 Å². The highest BCUT2D eigenvalue weighted by Crippen LogP contribution is 2.24. The zero-order valence-electron chi connectivity index (χ0n) is 14.8. The summed E-state index contributed by atoms with van der Waals surface area (Å²) in [7, 11) is 3.13. The Morgan fingerprint density at radius 1 is 1.26 bits per heavy atom. The Hall–Kier alpha value is -2.70. The average Bonchev–Trinajstić information content (AvgIpc) is 2.66. The second-order valence-corrected chi connectivity index (χ2v) is 6.50. The van der Waals surface area contributed by atoms with Gasteiger partial charge in [-0.2, -0.15) is 0 Å². The fourth-order valence-corrected chi connectivity index (χ4v) is 2.97. The third-order valence-corrected chi connectivity index (χ3v) is 4.55. The molecule has 3 rings (SSSR count). The molecule has 0 fully saturated rings. The van der Waals surface area contributed by atoms with Crippen molar-refractivity contribution < 1.29 is 19.0 Å². The monoisotopic (exact) mass is 388 g/mol. The number of aliphatic hydroxyl groups is 1. The van der Waals surface area contributed by atoms with E-state index in [0.29, 0.717) is 22.2 Å². The van der Waals surface area contributed by atoms with Crippen LogP contribution in [0.5, 0.6) is 5.75 Å². The van der Waals surface area contributed by atoms with Crippen molar-refractivity contribution in [2.45, 2.75) is 6.10 Å².